The van der Waals surface area contributed by atoms with E-state index in [9.17, 15) is 0 Å². The van der Waals surface area contributed by atoms with E-state index in [1.807, 2.05) is 36.4 Å². The topological polar surface area (TPSA) is 50.4 Å². The molecule has 0 bridgehead atoms. The number of hydrogen-bond acceptors (Lipinski definition) is 4. The Morgan fingerprint density at radius 2 is 1.10 bits per heavy atom. The average Bonchev–Trinajstić information content (AvgIpc) is 3.59. The van der Waals surface area contributed by atoms with E-state index in [0.717, 1.165) is 53.5 Å². The van der Waals surface area contributed by atoms with Crippen molar-refractivity contribution in [1.82, 2.24) is 14.1 Å². The van der Waals surface area contributed by atoms with Gasteiger partial charge in [0.2, 0.25) is 0 Å². The van der Waals surface area contributed by atoms with Crippen LogP contribution in [0.5, 0.6) is 17.4 Å². The van der Waals surface area contributed by atoms with Crippen molar-refractivity contribution in [3.8, 4) is 28.8 Å². The Hall–Kier alpha value is -4.12. The summed E-state index contributed by atoms with van der Waals surface area (Å²) in [7, 11) is 9.63. The third kappa shape index (κ3) is 13.9. The van der Waals surface area contributed by atoms with Crippen LogP contribution in [0.25, 0.3) is 11.4 Å². The maximum atomic E-state index is 6.86. The fourth-order valence-corrected chi connectivity index (χ4v) is 7.63. The summed E-state index contributed by atoms with van der Waals surface area (Å²) in [5.74, 6) is 4.25. The second-order valence-electron chi connectivity index (χ2n) is 16.8. The molecule has 6 nitrogen and oxygen atoms in total. The molecule has 0 aliphatic carbocycles. The molecule has 0 atom stereocenters. The van der Waals surface area contributed by atoms with Gasteiger partial charge in [0.1, 0.15) is 36.1 Å². The number of unbranched alkanes of at least 4 members (excludes halogenated alkanes) is 1. The van der Waals surface area contributed by atoms with Gasteiger partial charge >= 0.3 is 40.9 Å². The number of imidazole rings is 1. The van der Waals surface area contributed by atoms with Gasteiger partial charge in [-0.05, 0) is 115 Å². The van der Waals surface area contributed by atoms with Crippen LogP contribution in [-0.4, -0.2) is 27.3 Å². The SMILES string of the molecule is CCc1cc(OCc2ccccc2)cc(C)c1OCCCCOc1c(C)n(-c2c(C(C)C)cccc2C(C)C)[cH+]n1-c1c(C(C)C)cccc1C(C)C.[Cl][Pd-][Cl].c1ccncc1. The second kappa shape index (κ2) is 25.9. The Bertz CT molecular complexity index is 2160. The number of nitrogens with zero attached hydrogens (tertiary/aromatic N) is 3. The van der Waals surface area contributed by atoms with Crippen molar-refractivity contribution in [3.63, 3.8) is 0 Å². The van der Waals surface area contributed by atoms with Gasteiger partial charge in [-0.25, -0.2) is 0 Å². The predicted molar refractivity (Wildman–Crippen MR) is 258 cm³/mol. The summed E-state index contributed by atoms with van der Waals surface area (Å²) >= 11 is -0.106. The molecule has 0 saturated carbocycles. The zero-order valence-electron chi connectivity index (χ0n) is 38.7. The molecule has 4 aromatic carbocycles. The number of pyridine rings is 1. The van der Waals surface area contributed by atoms with Gasteiger partial charge in [0.15, 0.2) is 12.0 Å². The maximum absolute atomic E-state index is 6.86. The summed E-state index contributed by atoms with van der Waals surface area (Å²) in [5, 5.41) is 0. The minimum Gasteiger partial charge on any atom is -0.265 e. The first kappa shape index (κ1) is 50.5. The predicted octanol–water partition coefficient (Wildman–Crippen LogP) is 15.5. The van der Waals surface area contributed by atoms with Crippen LogP contribution in [0.4, 0.5) is 0 Å². The number of hydrogen-bond donors (Lipinski definition) is 0. The van der Waals surface area contributed by atoms with E-state index >= 15 is 0 Å². The van der Waals surface area contributed by atoms with Crippen molar-refractivity contribution in [2.24, 2.45) is 0 Å². The van der Waals surface area contributed by atoms with Crippen LogP contribution in [0.1, 0.15) is 143 Å². The minimum absolute atomic E-state index is 0.106. The second-order valence-corrected chi connectivity index (χ2v) is 19.1. The number of halogens is 2. The first-order valence-corrected chi connectivity index (χ1v) is 26.0. The monoisotopic (exact) mass is 970 g/mol. The maximum Gasteiger partial charge on any atom is 0.0267 e. The largest absolute Gasteiger partial charge is 0.265 e. The van der Waals surface area contributed by atoms with Crippen LogP contribution in [0.3, 0.4) is 0 Å². The van der Waals surface area contributed by atoms with Crippen LogP contribution < -0.4 is 14.2 Å². The van der Waals surface area contributed by atoms with E-state index in [2.05, 4.69) is 157 Å². The van der Waals surface area contributed by atoms with Gasteiger partial charge in [0, 0.05) is 41.6 Å². The summed E-state index contributed by atoms with van der Waals surface area (Å²) in [5.41, 5.74) is 12.4. The third-order valence-electron chi connectivity index (χ3n) is 10.8. The third-order valence-corrected chi connectivity index (χ3v) is 10.8. The Morgan fingerprint density at radius 1 is 0.613 bits per heavy atom. The molecule has 6 rings (SSSR count). The summed E-state index contributed by atoms with van der Waals surface area (Å²) < 4.78 is 24.2. The molecule has 337 valence electrons. The zero-order chi connectivity index (χ0) is 45.2. The van der Waals surface area contributed by atoms with Crippen molar-refractivity contribution in [3.05, 3.63) is 160 Å². The Morgan fingerprint density at radius 3 is 1.55 bits per heavy atom. The molecule has 62 heavy (non-hydrogen) atoms. The molecular weight excluding hydrogens is 904 g/mol. The molecule has 0 unspecified atom stereocenters. The average molecular weight is 972 g/mol. The summed E-state index contributed by atoms with van der Waals surface area (Å²) in [6, 6.07) is 33.8. The van der Waals surface area contributed by atoms with E-state index in [1.165, 1.54) is 39.2 Å². The van der Waals surface area contributed by atoms with Crippen LogP contribution in [0.15, 0.2) is 116 Å². The number of aromatic nitrogens is 3. The number of benzene rings is 4. The molecule has 6 aromatic rings. The van der Waals surface area contributed by atoms with Crippen LogP contribution in [-0.2, 0) is 29.0 Å². The van der Waals surface area contributed by atoms with E-state index in [0.29, 0.717) is 43.5 Å². The normalized spacial score (nSPS) is 11.1. The summed E-state index contributed by atoms with van der Waals surface area (Å²) in [4.78, 5) is 3.78. The Balaban J connectivity index is 0.000000842. The van der Waals surface area contributed by atoms with E-state index in [1.54, 1.807) is 12.4 Å². The Kier molecular flexibility index (Phi) is 21.1. The van der Waals surface area contributed by atoms with Gasteiger partial charge in [-0.1, -0.05) is 111 Å². The fraction of sp³-hybridized carbons (Fsp3) is 0.396. The van der Waals surface area contributed by atoms with E-state index in [4.69, 9.17) is 33.3 Å². The molecule has 0 fully saturated rings. The van der Waals surface area contributed by atoms with E-state index in [-0.39, 0.29) is 15.9 Å². The van der Waals surface area contributed by atoms with Crippen molar-refractivity contribution in [2.45, 2.75) is 126 Å². The molecule has 0 aliphatic rings. The minimum atomic E-state index is -0.106. The van der Waals surface area contributed by atoms with Gasteiger partial charge in [-0.3, -0.25) is 4.98 Å². The fourth-order valence-electron chi connectivity index (χ4n) is 7.63. The summed E-state index contributed by atoms with van der Waals surface area (Å²) in [6.07, 6.45) is 8.44. The molecule has 0 aliphatic heterocycles. The molecule has 0 amide bonds. The molecule has 2 aromatic heterocycles. The van der Waals surface area contributed by atoms with Crippen LogP contribution >= 0.6 is 19.1 Å². The zero-order valence-corrected chi connectivity index (χ0v) is 41.7. The number of aryl methyl sites for hydroxylation is 2. The smallest absolute Gasteiger partial charge is 0.0267 e. The van der Waals surface area contributed by atoms with Crippen molar-refractivity contribution >= 4 is 19.1 Å². The van der Waals surface area contributed by atoms with Gasteiger partial charge in [0.25, 0.3) is 0 Å². The molecular formula is C53H68Cl2N3O3Pd. The van der Waals surface area contributed by atoms with Crippen molar-refractivity contribution in [2.75, 3.05) is 13.2 Å². The number of para-hydroxylation sites is 2. The van der Waals surface area contributed by atoms with Gasteiger partial charge in [-0.15, -0.1) is 0 Å². The van der Waals surface area contributed by atoms with Crippen LogP contribution in [0, 0.1) is 13.8 Å². The van der Waals surface area contributed by atoms with Gasteiger partial charge in [-0.2, -0.15) is 9.13 Å². The van der Waals surface area contributed by atoms with Gasteiger partial charge in [0.05, 0.1) is 6.61 Å². The first-order valence-electron chi connectivity index (χ1n) is 22.0. The molecule has 0 spiro atoms. The van der Waals surface area contributed by atoms with Crippen molar-refractivity contribution < 1.29 is 30.2 Å². The molecule has 0 N–H and O–H groups in total. The number of ether oxygens (including phenoxy) is 3. The quantitative estimate of drug-likeness (QED) is 0.0519. The van der Waals surface area contributed by atoms with Crippen LogP contribution in [0.2, 0.25) is 0 Å². The molecule has 0 saturated heterocycles. The molecule has 9 heteroatoms. The van der Waals surface area contributed by atoms with Crippen molar-refractivity contribution in [1.29, 1.82) is 0 Å². The van der Waals surface area contributed by atoms with E-state index < -0.39 is 0 Å². The van der Waals surface area contributed by atoms with Gasteiger partial charge < -0.3 is 14.2 Å². The first-order chi connectivity index (χ1) is 29.8. The standard InChI is InChI=1S/C48H63N2O3.C5H5N.2ClH.Pd/c1-12-39-29-40(53-30-38-20-14-13-15-21-38)28-36(10)47(39)51-26-16-17-27-52-48-37(11)49(45-41(32(2)3)22-18-23-42(45)33(4)5)31-50(48)46-43(34(6)7)24-19-25-44(46)35(8)9;1-2-4-6-5-3-1;;;/h13-15,18-25,28-29,31-35H,12,16-17,26-27,30H2,1-11H3;1-5H;2*1H;/q+1;;;;+1/p-2. The Labute approximate surface area is 389 Å². The number of rotatable bonds is 17. The molecule has 0 radical (unpaired) electrons. The summed E-state index contributed by atoms with van der Waals surface area (Å²) in [6.45, 7) is 26.6. The molecule has 2 heterocycles.